The molecule has 5 aliphatic rings. The third-order valence-corrected chi connectivity index (χ3v) is 12.7. The van der Waals surface area contributed by atoms with Crippen molar-refractivity contribution >= 4 is 29.5 Å². The summed E-state index contributed by atoms with van der Waals surface area (Å²) in [6, 6.07) is -8.15. The Kier molecular flexibility index (Phi) is 22.3. The first-order valence-corrected chi connectivity index (χ1v) is 23.3. The van der Waals surface area contributed by atoms with E-state index in [0.717, 1.165) is 27.7 Å². The van der Waals surface area contributed by atoms with Crippen LogP contribution < -0.4 is 32.3 Å². The second kappa shape index (κ2) is 27.0. The van der Waals surface area contributed by atoms with E-state index < -0.39 is 216 Å². The molecule has 5 unspecified atom stereocenters. The lowest BCUT2D eigenvalue weighted by molar-refractivity contribution is -0.367. The van der Waals surface area contributed by atoms with Crippen molar-refractivity contribution in [3.8, 4) is 0 Å². The van der Waals surface area contributed by atoms with E-state index in [1.165, 1.54) is 0 Å². The SMILES string of the molecule is CC(=O)N[C@H]1[C@H](OC2[C@@H](CO)O[C@@H](OC3[C@@H](CO)O[C@@H](OC4[C@@H](CO)OC(O)[C@H](NC(C)=O)[C@H]4O)[C@H](NC(C)=O)[C@H]3O)[C@H](NC(C)=O)[C@H]2O)O[C@H](CO)C(O[C@@H]2O[C@H](CO)[C@@H](O)[C@H](O)[C@H]2NC(=O)CCN)[C@@H]1O. The molecule has 0 aliphatic carbocycles. The third kappa shape index (κ3) is 14.3. The van der Waals surface area contributed by atoms with Gasteiger partial charge in [-0.15, -0.1) is 0 Å². The van der Waals surface area contributed by atoms with Crippen LogP contribution in [0.4, 0.5) is 0 Å². The average molecular weight is 1060 g/mol. The number of ether oxygens (including phenoxy) is 9. The van der Waals surface area contributed by atoms with Crippen molar-refractivity contribution in [2.75, 3.05) is 39.6 Å². The van der Waals surface area contributed by atoms with E-state index in [0.29, 0.717) is 0 Å². The lowest BCUT2D eigenvalue weighted by Gasteiger charge is -2.51. The van der Waals surface area contributed by atoms with Gasteiger partial charge in [0, 0.05) is 40.7 Å². The van der Waals surface area contributed by atoms with E-state index >= 15 is 0 Å². The first-order valence-electron chi connectivity index (χ1n) is 23.3. The van der Waals surface area contributed by atoms with Crippen LogP contribution in [0.1, 0.15) is 34.1 Å². The summed E-state index contributed by atoms with van der Waals surface area (Å²) < 4.78 is 53.1. The number of aliphatic hydroxyl groups is 12. The Bertz CT molecular complexity index is 1830. The molecule has 0 radical (unpaired) electrons. The first kappa shape index (κ1) is 60.3. The van der Waals surface area contributed by atoms with Crippen LogP contribution in [-0.4, -0.2) is 284 Å². The Labute approximate surface area is 416 Å². The van der Waals surface area contributed by atoms with Gasteiger partial charge >= 0.3 is 0 Å². The second-order valence-corrected chi connectivity index (χ2v) is 18.0. The Balaban J connectivity index is 1.40. The minimum absolute atomic E-state index is 0.114. The van der Waals surface area contributed by atoms with E-state index in [1.807, 2.05) is 0 Å². The van der Waals surface area contributed by atoms with Gasteiger partial charge in [0.05, 0.1) is 33.0 Å². The van der Waals surface area contributed by atoms with Crippen LogP contribution in [0.2, 0.25) is 0 Å². The van der Waals surface area contributed by atoms with Gasteiger partial charge in [0.2, 0.25) is 29.5 Å². The van der Waals surface area contributed by atoms with Crippen molar-refractivity contribution in [3.05, 3.63) is 0 Å². The first-order chi connectivity index (χ1) is 34.5. The van der Waals surface area contributed by atoms with Gasteiger partial charge < -0.3 is 136 Å². The van der Waals surface area contributed by atoms with Gasteiger partial charge in [-0.25, -0.2) is 0 Å². The number of rotatable bonds is 20. The number of carbonyl (C=O) groups is 5. The molecule has 0 spiro atoms. The molecular formula is C41H70N6O26. The summed E-state index contributed by atoms with van der Waals surface area (Å²) >= 11 is 0. The van der Waals surface area contributed by atoms with Gasteiger partial charge in [0.1, 0.15) is 122 Å². The lowest BCUT2D eigenvalue weighted by Crippen LogP contribution is -2.72. The fourth-order valence-corrected chi connectivity index (χ4v) is 9.22. The number of carbonyl (C=O) groups excluding carboxylic acids is 5. The summed E-state index contributed by atoms with van der Waals surface area (Å²) in [7, 11) is 0. The zero-order valence-corrected chi connectivity index (χ0v) is 40.0. The number of nitrogens with two attached hydrogens (primary N) is 1. The van der Waals surface area contributed by atoms with Gasteiger partial charge in [-0.05, 0) is 0 Å². The zero-order valence-electron chi connectivity index (χ0n) is 40.0. The van der Waals surface area contributed by atoms with Crippen molar-refractivity contribution in [1.82, 2.24) is 26.6 Å². The molecule has 5 heterocycles. The van der Waals surface area contributed by atoms with Crippen molar-refractivity contribution in [3.63, 3.8) is 0 Å². The molecule has 0 aromatic carbocycles. The van der Waals surface area contributed by atoms with E-state index in [1.54, 1.807) is 0 Å². The molecule has 32 heteroatoms. The summed E-state index contributed by atoms with van der Waals surface area (Å²) in [6.07, 6.45) is -35.6. The molecule has 5 fully saturated rings. The predicted octanol–water partition coefficient (Wildman–Crippen LogP) is -11.9. The Morgan fingerprint density at radius 1 is 0.397 bits per heavy atom. The van der Waals surface area contributed by atoms with Crippen LogP contribution in [0.15, 0.2) is 0 Å². The summed E-state index contributed by atoms with van der Waals surface area (Å²) in [4.78, 5) is 62.2. The maximum atomic E-state index is 12.7. The van der Waals surface area contributed by atoms with Crippen LogP contribution in [0.5, 0.6) is 0 Å². The van der Waals surface area contributed by atoms with Gasteiger partial charge in [-0.3, -0.25) is 24.0 Å². The monoisotopic (exact) mass is 1060 g/mol. The smallest absolute Gasteiger partial charge is 0.221 e. The van der Waals surface area contributed by atoms with E-state index in [4.69, 9.17) is 48.4 Å². The summed E-state index contributed by atoms with van der Waals surface area (Å²) in [5.41, 5.74) is 5.48. The molecule has 73 heavy (non-hydrogen) atoms. The highest BCUT2D eigenvalue weighted by Crippen LogP contribution is 2.36. The molecule has 0 saturated carbocycles. The average Bonchev–Trinajstić information content (AvgIpc) is 3.33. The van der Waals surface area contributed by atoms with Crippen LogP contribution in [0, 0.1) is 0 Å². The fourth-order valence-electron chi connectivity index (χ4n) is 9.22. The molecule has 420 valence electrons. The highest BCUT2D eigenvalue weighted by Gasteiger charge is 2.57. The number of aliphatic hydroxyl groups excluding tert-OH is 12. The molecule has 19 N–H and O–H groups in total. The molecule has 25 atom stereocenters. The van der Waals surface area contributed by atoms with Crippen molar-refractivity contribution in [2.24, 2.45) is 5.73 Å². The Hall–Kier alpha value is -3.53. The molecule has 32 nitrogen and oxygen atoms in total. The normalized spacial score (nSPS) is 43.1. The third-order valence-electron chi connectivity index (χ3n) is 12.7. The van der Waals surface area contributed by atoms with Crippen LogP contribution in [0.3, 0.4) is 0 Å². The number of nitrogens with one attached hydrogen (secondary N) is 5. The van der Waals surface area contributed by atoms with Crippen molar-refractivity contribution < 1.29 is 128 Å². The van der Waals surface area contributed by atoms with Crippen molar-refractivity contribution in [1.29, 1.82) is 0 Å². The molecule has 5 saturated heterocycles. The molecule has 5 amide bonds. The minimum atomic E-state index is -2.01. The summed E-state index contributed by atoms with van der Waals surface area (Å²) in [5, 5.41) is 142. The van der Waals surface area contributed by atoms with Gasteiger partial charge in [0.15, 0.2) is 31.5 Å². The highest BCUT2D eigenvalue weighted by molar-refractivity contribution is 5.76. The molecular weight excluding hydrogens is 992 g/mol. The maximum Gasteiger partial charge on any atom is 0.221 e. The quantitative estimate of drug-likeness (QED) is 0.0538. The largest absolute Gasteiger partial charge is 0.394 e. The topological polar surface area (TPSA) is 497 Å². The standard InChI is InChI=1S/C41H70N6O26/c1-12(53)43-22-29(60)33(17(8-49)65-37(22)64)70-39-24(44-13(2)54)31(62)35(19(10-51)67-39)72-41-26(46-15(4)56)32(63)36(20(11-52)69-41)73-40-25(45-14(3)55)30(61)34(18(9-50)68-40)71-38-23(47-21(57)5-6-42)28(59)27(58)16(7-48)66-38/h16-20,22-41,48-52,58-64H,5-11,42H2,1-4H3,(H,43,53)(H,44,54)(H,45,55)(H,46,56)(H,47,57)/t16-,17-,18-,19-,20-,22-,23-,24-,25-,26-,27-,28-,29-,30-,31-,32-,33?,34?,35?,36?,37?,38+,39+,40+,41+/m1/s1. The van der Waals surface area contributed by atoms with Crippen LogP contribution >= 0.6 is 0 Å². The van der Waals surface area contributed by atoms with E-state index in [9.17, 15) is 85.3 Å². The Morgan fingerprint density at radius 2 is 0.671 bits per heavy atom. The predicted molar refractivity (Wildman–Crippen MR) is 233 cm³/mol. The zero-order chi connectivity index (χ0) is 54.2. The minimum Gasteiger partial charge on any atom is -0.394 e. The van der Waals surface area contributed by atoms with E-state index in [-0.39, 0.29) is 13.0 Å². The lowest BCUT2D eigenvalue weighted by atomic mass is 9.93. The van der Waals surface area contributed by atoms with Crippen LogP contribution in [-0.2, 0) is 66.6 Å². The fraction of sp³-hybridized carbons (Fsp3) is 0.878. The number of hydrogen-bond acceptors (Lipinski definition) is 27. The molecule has 5 rings (SSSR count). The second-order valence-electron chi connectivity index (χ2n) is 18.0. The van der Waals surface area contributed by atoms with Gasteiger partial charge in [-0.1, -0.05) is 0 Å². The van der Waals surface area contributed by atoms with Gasteiger partial charge in [-0.2, -0.15) is 0 Å². The Morgan fingerprint density at radius 3 is 0.973 bits per heavy atom. The summed E-state index contributed by atoms with van der Waals surface area (Å²) in [5.74, 6) is -3.80. The van der Waals surface area contributed by atoms with Crippen molar-refractivity contribution in [2.45, 2.75) is 187 Å². The highest BCUT2D eigenvalue weighted by atomic mass is 16.8. The van der Waals surface area contributed by atoms with Gasteiger partial charge in [0.25, 0.3) is 0 Å². The van der Waals surface area contributed by atoms with Crippen LogP contribution in [0.25, 0.3) is 0 Å². The molecule has 5 aliphatic heterocycles. The summed E-state index contributed by atoms with van der Waals surface area (Å²) in [6.45, 7) is -0.571. The number of amides is 5. The molecule has 0 aromatic rings. The van der Waals surface area contributed by atoms with E-state index in [2.05, 4.69) is 26.6 Å². The number of hydrogen-bond donors (Lipinski definition) is 18. The molecule has 0 bridgehead atoms. The maximum absolute atomic E-state index is 12.7. The molecule has 0 aromatic heterocycles.